The predicted molar refractivity (Wildman–Crippen MR) is 96.2 cm³/mol. The van der Waals surface area contributed by atoms with E-state index in [9.17, 15) is 5.26 Å². The van der Waals surface area contributed by atoms with Crippen LogP contribution in [0.4, 0.5) is 0 Å². The van der Waals surface area contributed by atoms with Crippen LogP contribution in [0.5, 0.6) is 0 Å². The lowest BCUT2D eigenvalue weighted by Gasteiger charge is -2.07. The van der Waals surface area contributed by atoms with Gasteiger partial charge in [0.2, 0.25) is 0 Å². The average molecular weight is 311 g/mol. The van der Waals surface area contributed by atoms with E-state index in [1.165, 1.54) is 60.9 Å². The second kappa shape index (κ2) is 9.43. The van der Waals surface area contributed by atoms with Crippen molar-refractivity contribution in [2.45, 2.75) is 58.3 Å². The highest BCUT2D eigenvalue weighted by atomic mass is 32.1. The van der Waals surface area contributed by atoms with Crippen molar-refractivity contribution in [3.63, 3.8) is 0 Å². The standard InChI is InChI=1S/C20H25NS/c1-2-3-4-5-6-7-8-10-17-15-18(12-13-19(17)16-21)20-11-9-14-22-20/h9,11-15H,2-8,10H2,1H3. The topological polar surface area (TPSA) is 23.8 Å². The summed E-state index contributed by atoms with van der Waals surface area (Å²) in [4.78, 5) is 1.28. The summed E-state index contributed by atoms with van der Waals surface area (Å²) in [5, 5.41) is 11.4. The first kappa shape index (κ1) is 16.8. The van der Waals surface area contributed by atoms with Crippen molar-refractivity contribution in [2.75, 3.05) is 0 Å². The summed E-state index contributed by atoms with van der Waals surface area (Å²) in [6.07, 6.45) is 10.2. The molecule has 0 bridgehead atoms. The smallest absolute Gasteiger partial charge is 0.0994 e. The maximum atomic E-state index is 9.29. The van der Waals surface area contributed by atoms with Gasteiger partial charge in [-0.05, 0) is 47.5 Å². The Morgan fingerprint density at radius 2 is 1.77 bits per heavy atom. The van der Waals surface area contributed by atoms with Crippen LogP contribution in [0.1, 0.15) is 63.0 Å². The predicted octanol–water partition coefficient (Wildman–Crippen LogP) is 6.58. The molecule has 0 spiro atoms. The van der Waals surface area contributed by atoms with Crippen molar-refractivity contribution in [1.82, 2.24) is 0 Å². The Bertz CT molecular complexity index is 593. The van der Waals surface area contributed by atoms with Crippen LogP contribution in [-0.2, 0) is 6.42 Å². The third kappa shape index (κ3) is 5.00. The Balaban J connectivity index is 1.89. The number of nitrogens with zero attached hydrogens (tertiary/aromatic N) is 1. The second-order valence-electron chi connectivity index (χ2n) is 5.83. The molecule has 116 valence electrons. The lowest BCUT2D eigenvalue weighted by molar-refractivity contribution is 0.589. The van der Waals surface area contributed by atoms with Crippen LogP contribution >= 0.6 is 11.3 Å². The second-order valence-corrected chi connectivity index (χ2v) is 6.78. The molecule has 0 aliphatic rings. The normalized spacial score (nSPS) is 10.5. The number of unbranched alkanes of at least 4 members (excludes halogenated alkanes) is 6. The summed E-state index contributed by atoms with van der Waals surface area (Å²) in [6, 6.07) is 12.8. The molecule has 0 saturated heterocycles. The summed E-state index contributed by atoms with van der Waals surface area (Å²) in [5.41, 5.74) is 3.29. The third-order valence-corrected chi connectivity index (χ3v) is 5.00. The zero-order valence-electron chi connectivity index (χ0n) is 13.5. The van der Waals surface area contributed by atoms with Crippen LogP contribution in [0.15, 0.2) is 35.7 Å². The number of nitriles is 1. The minimum absolute atomic E-state index is 0.839. The van der Waals surface area contributed by atoms with Gasteiger partial charge in [-0.3, -0.25) is 0 Å². The molecule has 2 rings (SSSR count). The van der Waals surface area contributed by atoms with Crippen LogP contribution in [0, 0.1) is 11.3 Å². The largest absolute Gasteiger partial charge is 0.192 e. The molecule has 0 fully saturated rings. The summed E-state index contributed by atoms with van der Waals surface area (Å²) >= 11 is 1.75. The van der Waals surface area contributed by atoms with E-state index >= 15 is 0 Å². The molecule has 2 heteroatoms. The van der Waals surface area contributed by atoms with E-state index in [1.54, 1.807) is 11.3 Å². The average Bonchev–Trinajstić information content (AvgIpc) is 3.08. The van der Waals surface area contributed by atoms with Crippen LogP contribution in [-0.4, -0.2) is 0 Å². The van der Waals surface area contributed by atoms with Crippen molar-refractivity contribution >= 4 is 11.3 Å². The number of hydrogen-bond acceptors (Lipinski definition) is 2. The highest BCUT2D eigenvalue weighted by Crippen LogP contribution is 2.27. The lowest BCUT2D eigenvalue weighted by Crippen LogP contribution is -1.92. The molecule has 2 aromatic rings. The zero-order valence-corrected chi connectivity index (χ0v) is 14.3. The van der Waals surface area contributed by atoms with Crippen LogP contribution in [0.3, 0.4) is 0 Å². The van der Waals surface area contributed by atoms with Crippen molar-refractivity contribution in [2.24, 2.45) is 0 Å². The quantitative estimate of drug-likeness (QED) is 0.480. The van der Waals surface area contributed by atoms with E-state index in [0.29, 0.717) is 0 Å². The number of rotatable bonds is 9. The molecule has 0 aliphatic carbocycles. The highest BCUT2D eigenvalue weighted by molar-refractivity contribution is 7.13. The number of aryl methyl sites for hydroxylation is 1. The molecule has 1 aromatic carbocycles. The van der Waals surface area contributed by atoms with E-state index in [2.05, 4.69) is 42.6 Å². The Kier molecular flexibility index (Phi) is 7.19. The lowest BCUT2D eigenvalue weighted by atomic mass is 9.98. The molecule has 1 nitrogen and oxygen atoms in total. The molecule has 1 heterocycles. The fourth-order valence-corrected chi connectivity index (χ4v) is 3.50. The molecule has 1 aromatic heterocycles. The fourth-order valence-electron chi connectivity index (χ4n) is 2.78. The van der Waals surface area contributed by atoms with E-state index in [0.717, 1.165) is 12.0 Å². The summed E-state index contributed by atoms with van der Waals surface area (Å²) in [7, 11) is 0. The van der Waals surface area contributed by atoms with E-state index in [1.807, 2.05) is 6.07 Å². The number of hydrogen-bond donors (Lipinski definition) is 0. The molecular weight excluding hydrogens is 286 g/mol. The molecule has 0 N–H and O–H groups in total. The first-order valence-corrected chi connectivity index (χ1v) is 9.30. The van der Waals surface area contributed by atoms with Gasteiger partial charge in [0.15, 0.2) is 0 Å². The van der Waals surface area contributed by atoms with Crippen LogP contribution in [0.25, 0.3) is 10.4 Å². The molecule has 22 heavy (non-hydrogen) atoms. The Hall–Kier alpha value is -1.59. The van der Waals surface area contributed by atoms with Gasteiger partial charge < -0.3 is 0 Å². The molecule has 0 aliphatic heterocycles. The zero-order chi connectivity index (χ0) is 15.6. The molecule has 0 unspecified atom stereocenters. The number of thiophene rings is 1. The van der Waals surface area contributed by atoms with Crippen molar-refractivity contribution < 1.29 is 0 Å². The van der Waals surface area contributed by atoms with Crippen molar-refractivity contribution in [3.8, 4) is 16.5 Å². The summed E-state index contributed by atoms with van der Waals surface area (Å²) in [5.74, 6) is 0. The Labute approximate surface area is 138 Å². The van der Waals surface area contributed by atoms with E-state index in [-0.39, 0.29) is 0 Å². The van der Waals surface area contributed by atoms with Crippen molar-refractivity contribution in [1.29, 1.82) is 5.26 Å². The first-order valence-electron chi connectivity index (χ1n) is 8.42. The summed E-state index contributed by atoms with van der Waals surface area (Å²) in [6.45, 7) is 2.25. The summed E-state index contributed by atoms with van der Waals surface area (Å²) < 4.78 is 0. The molecule has 0 saturated carbocycles. The van der Waals surface area contributed by atoms with E-state index < -0.39 is 0 Å². The van der Waals surface area contributed by atoms with Gasteiger partial charge in [-0.15, -0.1) is 11.3 Å². The van der Waals surface area contributed by atoms with Crippen LogP contribution in [0.2, 0.25) is 0 Å². The first-order chi connectivity index (χ1) is 10.8. The molecular formula is C20H25NS. The maximum absolute atomic E-state index is 9.29. The van der Waals surface area contributed by atoms with Gasteiger partial charge in [0.25, 0.3) is 0 Å². The maximum Gasteiger partial charge on any atom is 0.0994 e. The van der Waals surface area contributed by atoms with Crippen molar-refractivity contribution in [3.05, 3.63) is 46.8 Å². The Morgan fingerprint density at radius 1 is 1.00 bits per heavy atom. The Morgan fingerprint density at radius 3 is 2.45 bits per heavy atom. The van der Waals surface area contributed by atoms with E-state index in [4.69, 9.17) is 0 Å². The highest BCUT2D eigenvalue weighted by Gasteiger charge is 2.06. The van der Waals surface area contributed by atoms with Gasteiger partial charge in [-0.2, -0.15) is 5.26 Å². The monoisotopic (exact) mass is 311 g/mol. The van der Waals surface area contributed by atoms with Gasteiger partial charge in [0.1, 0.15) is 0 Å². The minimum Gasteiger partial charge on any atom is -0.192 e. The van der Waals surface area contributed by atoms with Gasteiger partial charge in [-0.1, -0.05) is 57.6 Å². The molecule has 0 amide bonds. The molecule has 0 atom stereocenters. The van der Waals surface area contributed by atoms with Gasteiger partial charge in [0, 0.05) is 4.88 Å². The SMILES string of the molecule is CCCCCCCCCc1cc(-c2cccs2)ccc1C#N. The fraction of sp³-hybridized carbons (Fsp3) is 0.450. The van der Waals surface area contributed by atoms with Crippen LogP contribution < -0.4 is 0 Å². The number of benzene rings is 1. The van der Waals surface area contributed by atoms with Gasteiger partial charge >= 0.3 is 0 Å². The molecule has 0 radical (unpaired) electrons. The minimum atomic E-state index is 0.839. The van der Waals surface area contributed by atoms with Gasteiger partial charge in [0.05, 0.1) is 11.6 Å². The third-order valence-electron chi connectivity index (χ3n) is 4.08. The van der Waals surface area contributed by atoms with Gasteiger partial charge in [-0.25, -0.2) is 0 Å².